The molecule has 1 amide bonds. The van der Waals surface area contributed by atoms with Crippen molar-refractivity contribution in [2.45, 2.75) is 66.0 Å². The summed E-state index contributed by atoms with van der Waals surface area (Å²) in [5.74, 6) is 1.10. The number of nitrogens with zero attached hydrogens (tertiary/aromatic N) is 7. The number of aromatic nitrogens is 6. The maximum Gasteiger partial charge on any atom is 0.410 e. The maximum absolute atomic E-state index is 14.2. The highest BCUT2D eigenvalue weighted by Crippen LogP contribution is 2.30. The SMILES string of the molecule is CCOc1nc(C)c2nc(-c3cncc(F)c3)n(Cc3cnc(CC4CCN(C(=O)OC(C)(C)C)CC4)cc3OC)c2n1. The molecule has 4 aromatic heterocycles. The zero-order chi connectivity index (χ0) is 30.7. The fraction of sp³-hybridized carbons (Fsp3) is 0.484. The number of halogens is 1. The molecule has 11 nitrogen and oxygen atoms in total. The standard InChI is InChI=1S/C31H38FN7O4/c1-7-42-29-35-19(2)26-28(37-29)39(27(36-26)21-13-23(32)17-33-15-21)18-22-16-34-24(14-25(22)41-6)12-20-8-10-38(11-9-20)30(40)43-31(3,4)5/h13-17,20H,7-12,18H2,1-6H3. The van der Waals surface area contributed by atoms with Gasteiger partial charge in [-0.25, -0.2) is 14.2 Å². The van der Waals surface area contributed by atoms with E-state index in [1.54, 1.807) is 24.4 Å². The summed E-state index contributed by atoms with van der Waals surface area (Å²) in [5.41, 5.74) is 3.52. The summed E-state index contributed by atoms with van der Waals surface area (Å²) in [6.07, 6.45) is 6.79. The Labute approximate surface area is 250 Å². The Morgan fingerprint density at radius 2 is 1.86 bits per heavy atom. The lowest BCUT2D eigenvalue weighted by Crippen LogP contribution is -2.42. The van der Waals surface area contributed by atoms with E-state index in [1.165, 1.54) is 6.07 Å². The van der Waals surface area contributed by atoms with Gasteiger partial charge in [0.25, 0.3) is 0 Å². The second-order valence-electron chi connectivity index (χ2n) is 11.7. The monoisotopic (exact) mass is 591 g/mol. The molecule has 0 radical (unpaired) electrons. The van der Waals surface area contributed by atoms with E-state index in [9.17, 15) is 9.18 Å². The minimum Gasteiger partial charge on any atom is -0.496 e. The van der Waals surface area contributed by atoms with Crippen molar-refractivity contribution >= 4 is 17.3 Å². The average molecular weight is 592 g/mol. The van der Waals surface area contributed by atoms with Crippen LogP contribution in [0.25, 0.3) is 22.6 Å². The van der Waals surface area contributed by atoms with Crippen LogP contribution in [0.3, 0.4) is 0 Å². The van der Waals surface area contributed by atoms with Crippen LogP contribution in [0.4, 0.5) is 9.18 Å². The van der Waals surface area contributed by atoms with Gasteiger partial charge in [0.1, 0.15) is 28.5 Å². The molecule has 1 fully saturated rings. The van der Waals surface area contributed by atoms with E-state index in [1.807, 2.05) is 45.3 Å². The summed E-state index contributed by atoms with van der Waals surface area (Å²) in [7, 11) is 1.63. The molecule has 5 heterocycles. The van der Waals surface area contributed by atoms with Crippen molar-refractivity contribution in [1.82, 2.24) is 34.4 Å². The molecule has 0 N–H and O–H groups in total. The number of hydrogen-bond donors (Lipinski definition) is 0. The number of amides is 1. The first-order valence-electron chi connectivity index (χ1n) is 14.5. The van der Waals surface area contributed by atoms with Gasteiger partial charge in [-0.05, 0) is 65.9 Å². The van der Waals surface area contributed by atoms with Crippen LogP contribution in [0, 0.1) is 18.7 Å². The Kier molecular flexibility index (Phi) is 8.74. The molecule has 43 heavy (non-hydrogen) atoms. The molecule has 1 saturated heterocycles. The smallest absolute Gasteiger partial charge is 0.410 e. The molecular weight excluding hydrogens is 553 g/mol. The summed E-state index contributed by atoms with van der Waals surface area (Å²) in [5, 5.41) is 0. The number of ether oxygens (including phenoxy) is 3. The van der Waals surface area contributed by atoms with Crippen LogP contribution in [0.1, 0.15) is 57.5 Å². The summed E-state index contributed by atoms with van der Waals surface area (Å²) in [6.45, 7) is 11.4. The fourth-order valence-electron chi connectivity index (χ4n) is 5.25. The number of rotatable bonds is 8. The Morgan fingerprint density at radius 3 is 2.53 bits per heavy atom. The number of methoxy groups -OCH3 is 1. The van der Waals surface area contributed by atoms with E-state index < -0.39 is 11.4 Å². The largest absolute Gasteiger partial charge is 0.496 e. The van der Waals surface area contributed by atoms with Gasteiger partial charge in [0.2, 0.25) is 0 Å². The van der Waals surface area contributed by atoms with Gasteiger partial charge >= 0.3 is 12.1 Å². The lowest BCUT2D eigenvalue weighted by Gasteiger charge is -2.33. The molecule has 0 unspecified atom stereocenters. The highest BCUT2D eigenvalue weighted by Gasteiger charge is 2.27. The summed E-state index contributed by atoms with van der Waals surface area (Å²) < 4.78 is 33.0. The number of aryl methyl sites for hydroxylation is 1. The number of imidazole rings is 1. The minimum absolute atomic E-state index is 0.246. The number of likely N-dealkylation sites (tertiary alicyclic amines) is 1. The van der Waals surface area contributed by atoms with Crippen LogP contribution >= 0.6 is 0 Å². The average Bonchev–Trinajstić information content (AvgIpc) is 3.32. The highest BCUT2D eigenvalue weighted by molar-refractivity contribution is 5.79. The van der Waals surface area contributed by atoms with Crippen molar-refractivity contribution in [3.63, 3.8) is 0 Å². The van der Waals surface area contributed by atoms with E-state index in [0.717, 1.165) is 36.7 Å². The maximum atomic E-state index is 14.2. The first-order valence-corrected chi connectivity index (χ1v) is 14.5. The van der Waals surface area contributed by atoms with E-state index >= 15 is 0 Å². The quantitative estimate of drug-likeness (QED) is 0.266. The summed E-state index contributed by atoms with van der Waals surface area (Å²) in [4.78, 5) is 36.9. The van der Waals surface area contributed by atoms with Crippen LogP contribution in [0.2, 0.25) is 0 Å². The molecule has 228 valence electrons. The second kappa shape index (κ2) is 12.5. The van der Waals surface area contributed by atoms with Crippen LogP contribution in [0.15, 0.2) is 30.7 Å². The molecule has 0 aliphatic carbocycles. The van der Waals surface area contributed by atoms with Gasteiger partial charge in [-0.15, -0.1) is 0 Å². The Balaban J connectivity index is 1.39. The number of carbonyl (C=O) groups excluding carboxylic acids is 1. The second-order valence-corrected chi connectivity index (χ2v) is 11.7. The van der Waals surface area contributed by atoms with Gasteiger partial charge in [-0.2, -0.15) is 9.97 Å². The van der Waals surface area contributed by atoms with Crippen molar-refractivity contribution in [3.8, 4) is 23.1 Å². The van der Waals surface area contributed by atoms with Crippen LogP contribution in [-0.4, -0.2) is 72.9 Å². The lowest BCUT2D eigenvalue weighted by molar-refractivity contribution is 0.0184. The fourth-order valence-corrected chi connectivity index (χ4v) is 5.25. The molecule has 0 aromatic carbocycles. The van der Waals surface area contributed by atoms with Gasteiger partial charge in [-0.3, -0.25) is 9.97 Å². The van der Waals surface area contributed by atoms with E-state index in [0.29, 0.717) is 66.2 Å². The zero-order valence-electron chi connectivity index (χ0n) is 25.6. The van der Waals surface area contributed by atoms with E-state index in [4.69, 9.17) is 24.2 Å². The molecule has 0 saturated carbocycles. The van der Waals surface area contributed by atoms with Gasteiger partial charge in [0.05, 0.1) is 32.2 Å². The normalized spacial score (nSPS) is 14.3. The van der Waals surface area contributed by atoms with Crippen molar-refractivity contribution in [3.05, 3.63) is 53.5 Å². The first kappa shape index (κ1) is 30.1. The van der Waals surface area contributed by atoms with Crippen molar-refractivity contribution < 1.29 is 23.4 Å². The molecule has 1 aliphatic heterocycles. The molecule has 12 heteroatoms. The number of piperidine rings is 1. The third-order valence-corrected chi connectivity index (χ3v) is 7.30. The summed E-state index contributed by atoms with van der Waals surface area (Å²) in [6, 6.07) is 3.60. The third-order valence-electron chi connectivity index (χ3n) is 7.30. The third kappa shape index (κ3) is 7.00. The number of fused-ring (bicyclic) bond motifs is 1. The number of hydrogen-bond acceptors (Lipinski definition) is 9. The van der Waals surface area contributed by atoms with Gasteiger partial charge in [-0.1, -0.05) is 0 Å². The van der Waals surface area contributed by atoms with Crippen molar-refractivity contribution in [1.29, 1.82) is 0 Å². The highest BCUT2D eigenvalue weighted by atomic mass is 19.1. The predicted molar refractivity (Wildman–Crippen MR) is 159 cm³/mol. The van der Waals surface area contributed by atoms with E-state index in [-0.39, 0.29) is 12.1 Å². The zero-order valence-corrected chi connectivity index (χ0v) is 25.6. The van der Waals surface area contributed by atoms with E-state index in [2.05, 4.69) is 15.0 Å². The molecule has 0 bridgehead atoms. The van der Waals surface area contributed by atoms with Gasteiger partial charge in [0.15, 0.2) is 5.65 Å². The Bertz CT molecular complexity index is 1610. The van der Waals surface area contributed by atoms with Crippen LogP contribution in [-0.2, 0) is 17.7 Å². The summed E-state index contributed by atoms with van der Waals surface area (Å²) >= 11 is 0. The Morgan fingerprint density at radius 1 is 1.09 bits per heavy atom. The van der Waals surface area contributed by atoms with Gasteiger partial charge < -0.3 is 23.7 Å². The first-order chi connectivity index (χ1) is 20.5. The molecular formula is C31H38FN7O4. The number of carbonyl (C=O) groups is 1. The van der Waals surface area contributed by atoms with Crippen LogP contribution < -0.4 is 9.47 Å². The minimum atomic E-state index is -0.508. The molecule has 4 aromatic rings. The topological polar surface area (TPSA) is 117 Å². The van der Waals surface area contributed by atoms with Gasteiger partial charge in [0, 0.05) is 48.4 Å². The lowest BCUT2D eigenvalue weighted by atomic mass is 9.92. The predicted octanol–water partition coefficient (Wildman–Crippen LogP) is 5.38. The molecule has 0 atom stereocenters. The van der Waals surface area contributed by atoms with Crippen molar-refractivity contribution in [2.24, 2.45) is 5.92 Å². The Hall–Kier alpha value is -4.35. The molecule has 0 spiro atoms. The molecule has 1 aliphatic rings. The number of pyridine rings is 2. The van der Waals surface area contributed by atoms with Crippen molar-refractivity contribution in [2.75, 3.05) is 26.8 Å². The molecule has 5 rings (SSSR count). The van der Waals surface area contributed by atoms with Crippen LogP contribution in [0.5, 0.6) is 11.8 Å².